The predicted octanol–water partition coefficient (Wildman–Crippen LogP) is 2.34. The normalized spacial score (nSPS) is 19.2. The van der Waals surface area contributed by atoms with Crippen LogP contribution in [0.4, 0.5) is 0 Å². The van der Waals surface area contributed by atoms with E-state index in [1.54, 1.807) is 0 Å². The van der Waals surface area contributed by atoms with Gasteiger partial charge in [0.25, 0.3) is 0 Å². The minimum absolute atomic E-state index is 0.579. The van der Waals surface area contributed by atoms with Gasteiger partial charge in [-0.2, -0.15) is 0 Å². The fourth-order valence-corrected chi connectivity index (χ4v) is 1.86. The molecule has 0 aliphatic heterocycles. The van der Waals surface area contributed by atoms with Gasteiger partial charge in [-0.25, -0.2) is 0 Å². The summed E-state index contributed by atoms with van der Waals surface area (Å²) in [6, 6.07) is 0. The summed E-state index contributed by atoms with van der Waals surface area (Å²) in [6.07, 6.45) is 8.48. The fourth-order valence-electron chi connectivity index (χ4n) is 1.86. The maximum absolute atomic E-state index is 5.79. The lowest BCUT2D eigenvalue weighted by molar-refractivity contribution is 0.0274. The van der Waals surface area contributed by atoms with Crippen LogP contribution in [0.15, 0.2) is 0 Å². The van der Waals surface area contributed by atoms with Gasteiger partial charge in [0.2, 0.25) is 0 Å². The zero-order valence-corrected chi connectivity index (χ0v) is 8.85. The minimum atomic E-state index is 0.579. The van der Waals surface area contributed by atoms with Gasteiger partial charge in [0, 0.05) is 6.61 Å². The highest BCUT2D eigenvalue weighted by Crippen LogP contribution is 2.20. The van der Waals surface area contributed by atoms with Crippen LogP contribution in [0, 0.1) is 0 Å². The lowest BCUT2D eigenvalue weighted by Gasteiger charge is -2.21. The second kappa shape index (κ2) is 7.34. The molecule has 0 amide bonds. The van der Waals surface area contributed by atoms with E-state index in [0.717, 1.165) is 26.1 Å². The topological polar surface area (TPSA) is 21.3 Å². The molecule has 0 bridgehead atoms. The number of nitrogens with one attached hydrogen (secondary N) is 1. The molecule has 0 aromatic heterocycles. The van der Waals surface area contributed by atoms with Crippen molar-refractivity contribution >= 4 is 0 Å². The molecule has 1 aliphatic carbocycles. The van der Waals surface area contributed by atoms with Gasteiger partial charge in [-0.05, 0) is 32.4 Å². The van der Waals surface area contributed by atoms with E-state index in [4.69, 9.17) is 4.74 Å². The average Bonchev–Trinajstić information content (AvgIpc) is 2.19. The molecule has 0 unspecified atom stereocenters. The predicted molar refractivity (Wildman–Crippen MR) is 56.0 cm³/mol. The number of rotatable bonds is 6. The zero-order chi connectivity index (χ0) is 9.36. The quantitative estimate of drug-likeness (QED) is 0.641. The van der Waals surface area contributed by atoms with Crippen molar-refractivity contribution in [3.8, 4) is 0 Å². The van der Waals surface area contributed by atoms with Crippen LogP contribution in [0.1, 0.15) is 45.4 Å². The first kappa shape index (κ1) is 11.0. The third-order valence-electron chi connectivity index (χ3n) is 2.65. The van der Waals surface area contributed by atoms with Crippen molar-refractivity contribution in [3.05, 3.63) is 0 Å². The molecule has 1 rings (SSSR count). The fraction of sp³-hybridized carbons (Fsp3) is 1.00. The van der Waals surface area contributed by atoms with Gasteiger partial charge in [0.05, 0.1) is 6.10 Å². The van der Waals surface area contributed by atoms with Crippen molar-refractivity contribution in [2.24, 2.45) is 0 Å². The number of hydrogen-bond donors (Lipinski definition) is 1. The van der Waals surface area contributed by atoms with E-state index in [0.29, 0.717) is 6.10 Å². The summed E-state index contributed by atoms with van der Waals surface area (Å²) in [5, 5.41) is 3.31. The van der Waals surface area contributed by atoms with Crippen LogP contribution in [0.5, 0.6) is 0 Å². The Morgan fingerprint density at radius 1 is 1.23 bits per heavy atom. The van der Waals surface area contributed by atoms with Gasteiger partial charge < -0.3 is 10.1 Å². The molecule has 1 N–H and O–H groups in total. The molecule has 1 fully saturated rings. The highest BCUT2D eigenvalue weighted by Gasteiger charge is 2.12. The van der Waals surface area contributed by atoms with Gasteiger partial charge in [-0.15, -0.1) is 0 Å². The second-order valence-corrected chi connectivity index (χ2v) is 3.84. The first-order valence-electron chi connectivity index (χ1n) is 5.76. The molecule has 13 heavy (non-hydrogen) atoms. The summed E-state index contributed by atoms with van der Waals surface area (Å²) in [5.74, 6) is 0. The summed E-state index contributed by atoms with van der Waals surface area (Å²) in [4.78, 5) is 0. The molecule has 2 heteroatoms. The van der Waals surface area contributed by atoms with Crippen molar-refractivity contribution in [2.45, 2.75) is 51.6 Å². The standard InChI is InChI=1S/C11H23NO/c1-2-12-9-6-10-13-11-7-4-3-5-8-11/h11-12H,2-10H2,1H3. The molecule has 78 valence electrons. The molecule has 0 aromatic rings. The van der Waals surface area contributed by atoms with E-state index >= 15 is 0 Å². The highest BCUT2D eigenvalue weighted by molar-refractivity contribution is 4.64. The van der Waals surface area contributed by atoms with Crippen molar-refractivity contribution < 1.29 is 4.74 Å². The molecule has 0 aromatic carbocycles. The molecular weight excluding hydrogens is 162 g/mol. The molecule has 2 nitrogen and oxygen atoms in total. The van der Waals surface area contributed by atoms with Crippen LogP contribution < -0.4 is 5.32 Å². The Hall–Kier alpha value is -0.0800. The van der Waals surface area contributed by atoms with E-state index in [2.05, 4.69) is 12.2 Å². The molecule has 0 atom stereocenters. The third-order valence-corrected chi connectivity index (χ3v) is 2.65. The van der Waals surface area contributed by atoms with Gasteiger partial charge in [0.15, 0.2) is 0 Å². The Bertz CT molecular complexity index is 111. The van der Waals surface area contributed by atoms with Crippen molar-refractivity contribution in [2.75, 3.05) is 19.7 Å². The average molecular weight is 185 g/mol. The van der Waals surface area contributed by atoms with Crippen LogP contribution in [0.25, 0.3) is 0 Å². The lowest BCUT2D eigenvalue weighted by atomic mass is 9.98. The maximum Gasteiger partial charge on any atom is 0.0575 e. The Kier molecular flexibility index (Phi) is 6.21. The Balaban J connectivity index is 1.86. The van der Waals surface area contributed by atoms with E-state index in [1.165, 1.54) is 32.1 Å². The summed E-state index contributed by atoms with van der Waals surface area (Å²) in [5.41, 5.74) is 0. The molecule has 0 spiro atoms. The molecular formula is C11H23NO. The second-order valence-electron chi connectivity index (χ2n) is 3.84. The minimum Gasteiger partial charge on any atom is -0.378 e. The van der Waals surface area contributed by atoms with E-state index in [1.807, 2.05) is 0 Å². The summed E-state index contributed by atoms with van der Waals surface area (Å²) in [7, 11) is 0. The lowest BCUT2D eigenvalue weighted by Crippen LogP contribution is -2.20. The van der Waals surface area contributed by atoms with Crippen molar-refractivity contribution in [1.82, 2.24) is 5.32 Å². The smallest absolute Gasteiger partial charge is 0.0575 e. The Morgan fingerprint density at radius 3 is 2.69 bits per heavy atom. The van der Waals surface area contributed by atoms with Crippen molar-refractivity contribution in [3.63, 3.8) is 0 Å². The Labute approximate surface area is 82.0 Å². The van der Waals surface area contributed by atoms with Crippen LogP contribution in [-0.4, -0.2) is 25.8 Å². The third kappa shape index (κ3) is 5.27. The van der Waals surface area contributed by atoms with E-state index in [-0.39, 0.29) is 0 Å². The Morgan fingerprint density at radius 2 is 2.00 bits per heavy atom. The highest BCUT2D eigenvalue weighted by atomic mass is 16.5. The van der Waals surface area contributed by atoms with Crippen molar-refractivity contribution in [1.29, 1.82) is 0 Å². The van der Waals surface area contributed by atoms with Gasteiger partial charge in [0.1, 0.15) is 0 Å². The molecule has 1 aliphatic rings. The van der Waals surface area contributed by atoms with Crippen LogP contribution in [-0.2, 0) is 4.74 Å². The molecule has 0 radical (unpaired) electrons. The van der Waals surface area contributed by atoms with Crippen LogP contribution in [0.3, 0.4) is 0 Å². The molecule has 1 saturated carbocycles. The SMILES string of the molecule is CCNCCCOC1CCCCC1. The van der Waals surface area contributed by atoms with E-state index in [9.17, 15) is 0 Å². The molecule has 0 heterocycles. The van der Waals surface area contributed by atoms with E-state index < -0.39 is 0 Å². The van der Waals surface area contributed by atoms with Gasteiger partial charge in [-0.3, -0.25) is 0 Å². The van der Waals surface area contributed by atoms with Gasteiger partial charge >= 0.3 is 0 Å². The first-order chi connectivity index (χ1) is 6.43. The zero-order valence-electron chi connectivity index (χ0n) is 8.85. The monoisotopic (exact) mass is 185 g/mol. The molecule has 0 saturated heterocycles. The maximum atomic E-state index is 5.79. The van der Waals surface area contributed by atoms with Gasteiger partial charge in [-0.1, -0.05) is 26.2 Å². The first-order valence-corrected chi connectivity index (χ1v) is 5.76. The summed E-state index contributed by atoms with van der Waals surface area (Å²) in [6.45, 7) is 5.26. The summed E-state index contributed by atoms with van der Waals surface area (Å²) < 4.78 is 5.79. The van der Waals surface area contributed by atoms with Crippen LogP contribution in [0.2, 0.25) is 0 Å². The number of ether oxygens (including phenoxy) is 1. The largest absolute Gasteiger partial charge is 0.378 e. The van der Waals surface area contributed by atoms with Crippen LogP contribution >= 0.6 is 0 Å². The summed E-state index contributed by atoms with van der Waals surface area (Å²) >= 11 is 0. The number of hydrogen-bond acceptors (Lipinski definition) is 2.